The quantitative estimate of drug-likeness (QED) is 0.828. The average molecular weight is 248 g/mol. The van der Waals surface area contributed by atoms with Crippen molar-refractivity contribution in [1.82, 2.24) is 4.98 Å². The second kappa shape index (κ2) is 5.03. The van der Waals surface area contributed by atoms with E-state index in [1.165, 1.54) is 0 Å². The molecule has 0 atom stereocenters. The number of hydrogen-bond donors (Lipinski definition) is 1. The van der Waals surface area contributed by atoms with Crippen LogP contribution in [0.15, 0.2) is 12.3 Å². The van der Waals surface area contributed by atoms with Gasteiger partial charge in [0, 0.05) is 11.9 Å². The zero-order valence-corrected chi connectivity index (χ0v) is 9.04. The van der Waals surface area contributed by atoms with Gasteiger partial charge in [0.2, 0.25) is 0 Å². The Labute approximate surface area is 95.6 Å². The molecule has 0 aromatic carbocycles. The summed E-state index contributed by atoms with van der Waals surface area (Å²) in [5, 5.41) is 0. The lowest BCUT2D eigenvalue weighted by Gasteiger charge is -2.13. The molecule has 0 fully saturated rings. The van der Waals surface area contributed by atoms with E-state index in [9.17, 15) is 18.0 Å². The van der Waals surface area contributed by atoms with Crippen LogP contribution in [0.25, 0.3) is 0 Å². The lowest BCUT2D eigenvalue weighted by atomic mass is 10.1. The first-order valence-corrected chi connectivity index (χ1v) is 4.82. The highest BCUT2D eigenvalue weighted by Gasteiger charge is 2.36. The van der Waals surface area contributed by atoms with Crippen molar-refractivity contribution >= 4 is 11.7 Å². The van der Waals surface area contributed by atoms with E-state index in [-0.39, 0.29) is 6.61 Å². The van der Waals surface area contributed by atoms with Crippen LogP contribution < -0.4 is 5.73 Å². The molecule has 0 amide bonds. The molecule has 0 bridgehead atoms. The number of carbonyl (C=O) groups is 1. The van der Waals surface area contributed by atoms with Crippen molar-refractivity contribution in [3.63, 3.8) is 0 Å². The van der Waals surface area contributed by atoms with Gasteiger partial charge in [-0.3, -0.25) is 9.78 Å². The van der Waals surface area contributed by atoms with Crippen molar-refractivity contribution in [2.75, 3.05) is 12.3 Å². The third-order valence-electron chi connectivity index (χ3n) is 1.96. The largest absolute Gasteiger partial charge is 0.466 e. The number of halogens is 3. The van der Waals surface area contributed by atoms with Gasteiger partial charge in [-0.2, -0.15) is 13.2 Å². The molecule has 0 saturated carbocycles. The Hall–Kier alpha value is -1.79. The van der Waals surface area contributed by atoms with E-state index in [0.717, 1.165) is 12.3 Å². The van der Waals surface area contributed by atoms with Crippen LogP contribution in [0.2, 0.25) is 0 Å². The summed E-state index contributed by atoms with van der Waals surface area (Å²) in [6, 6.07) is 1.04. The van der Waals surface area contributed by atoms with E-state index >= 15 is 0 Å². The monoisotopic (exact) mass is 248 g/mol. The molecule has 0 unspecified atom stereocenters. The fraction of sp³-hybridized carbons (Fsp3) is 0.400. The van der Waals surface area contributed by atoms with E-state index in [1.807, 2.05) is 0 Å². The summed E-state index contributed by atoms with van der Waals surface area (Å²) < 4.78 is 42.6. The highest BCUT2D eigenvalue weighted by Crippen LogP contribution is 2.35. The van der Waals surface area contributed by atoms with Crippen LogP contribution in [0.5, 0.6) is 0 Å². The van der Waals surface area contributed by atoms with E-state index in [1.54, 1.807) is 6.92 Å². The van der Waals surface area contributed by atoms with Crippen molar-refractivity contribution in [3.05, 3.63) is 23.5 Å². The number of ether oxygens (including phenoxy) is 1. The van der Waals surface area contributed by atoms with Crippen LogP contribution in [-0.2, 0) is 22.1 Å². The molecule has 17 heavy (non-hydrogen) atoms. The molecule has 1 heterocycles. The first kappa shape index (κ1) is 13.3. The fourth-order valence-corrected chi connectivity index (χ4v) is 1.33. The minimum absolute atomic E-state index is 0.0997. The van der Waals surface area contributed by atoms with Crippen molar-refractivity contribution in [3.8, 4) is 0 Å². The lowest BCUT2D eigenvalue weighted by Crippen LogP contribution is -2.17. The highest BCUT2D eigenvalue weighted by atomic mass is 19.4. The van der Waals surface area contributed by atoms with Crippen molar-refractivity contribution in [2.24, 2.45) is 0 Å². The van der Waals surface area contributed by atoms with Gasteiger partial charge >= 0.3 is 12.1 Å². The molecule has 94 valence electrons. The average Bonchev–Trinajstić information content (AvgIpc) is 2.15. The van der Waals surface area contributed by atoms with Gasteiger partial charge in [0.1, 0.15) is 5.56 Å². The summed E-state index contributed by atoms with van der Waals surface area (Å²) in [5.41, 5.74) is 3.30. The summed E-state index contributed by atoms with van der Waals surface area (Å²) >= 11 is 0. The third kappa shape index (κ3) is 3.33. The Bertz CT molecular complexity index is 419. The molecule has 0 aliphatic rings. The number of hydrogen-bond acceptors (Lipinski definition) is 4. The first-order valence-electron chi connectivity index (χ1n) is 4.82. The number of alkyl halides is 3. The summed E-state index contributed by atoms with van der Waals surface area (Å²) in [7, 11) is 0. The molecule has 1 aromatic rings. The smallest absolute Gasteiger partial charge is 0.420 e. The van der Waals surface area contributed by atoms with Gasteiger partial charge in [-0.1, -0.05) is 0 Å². The molecule has 4 nitrogen and oxygen atoms in total. The van der Waals surface area contributed by atoms with Crippen molar-refractivity contribution < 1.29 is 22.7 Å². The maximum Gasteiger partial charge on any atom is 0.420 e. The second-order valence-corrected chi connectivity index (χ2v) is 3.20. The summed E-state index contributed by atoms with van der Waals surface area (Å²) in [6.45, 7) is 1.66. The molecular weight excluding hydrogens is 237 g/mol. The minimum atomic E-state index is -4.64. The number of pyridine rings is 1. The van der Waals surface area contributed by atoms with Crippen LogP contribution in [-0.4, -0.2) is 17.6 Å². The van der Waals surface area contributed by atoms with Crippen LogP contribution in [0.1, 0.15) is 18.2 Å². The summed E-state index contributed by atoms with van der Waals surface area (Å²) in [4.78, 5) is 14.7. The standard InChI is InChI=1S/C10H11F3N2O2/c1-2-17-8(16)5-7-9(10(11,12)13)6(14)3-4-15-7/h3-4H,2,5H2,1H3,(H2,14,15). The molecule has 0 aliphatic carbocycles. The zero-order chi connectivity index (χ0) is 13.1. The van der Waals surface area contributed by atoms with Gasteiger partial charge in [-0.25, -0.2) is 0 Å². The Morgan fingerprint density at radius 1 is 1.53 bits per heavy atom. The number of nitrogens with zero attached hydrogens (tertiary/aromatic N) is 1. The van der Waals surface area contributed by atoms with Crippen LogP contribution in [0.4, 0.5) is 18.9 Å². The Morgan fingerprint density at radius 2 is 2.18 bits per heavy atom. The Morgan fingerprint density at radius 3 is 2.71 bits per heavy atom. The highest BCUT2D eigenvalue weighted by molar-refractivity contribution is 5.73. The maximum atomic E-state index is 12.7. The molecule has 0 spiro atoms. The van der Waals surface area contributed by atoms with E-state index in [4.69, 9.17) is 5.73 Å². The van der Waals surface area contributed by atoms with Crippen LogP contribution >= 0.6 is 0 Å². The SMILES string of the molecule is CCOC(=O)Cc1nccc(N)c1C(F)(F)F. The zero-order valence-electron chi connectivity index (χ0n) is 9.04. The van der Waals surface area contributed by atoms with E-state index < -0.39 is 35.5 Å². The predicted octanol–water partition coefficient (Wildman–Crippen LogP) is 1.79. The fourth-order valence-electron chi connectivity index (χ4n) is 1.33. The Balaban J connectivity index is 3.08. The van der Waals surface area contributed by atoms with Crippen molar-refractivity contribution in [2.45, 2.75) is 19.5 Å². The number of anilines is 1. The molecule has 1 aromatic heterocycles. The van der Waals surface area contributed by atoms with Gasteiger partial charge in [0.05, 0.1) is 18.7 Å². The van der Waals surface area contributed by atoms with Gasteiger partial charge in [-0.15, -0.1) is 0 Å². The normalized spacial score (nSPS) is 11.3. The number of carbonyl (C=O) groups excluding carboxylic acids is 1. The summed E-state index contributed by atoms with van der Waals surface area (Å²) in [6.07, 6.45) is -4.06. The number of nitrogens with two attached hydrogens (primary N) is 1. The minimum Gasteiger partial charge on any atom is -0.466 e. The Kier molecular flexibility index (Phi) is 3.93. The molecule has 2 N–H and O–H groups in total. The third-order valence-corrected chi connectivity index (χ3v) is 1.96. The van der Waals surface area contributed by atoms with E-state index in [2.05, 4.69) is 9.72 Å². The molecule has 0 radical (unpaired) electrons. The molecular formula is C10H11F3N2O2. The van der Waals surface area contributed by atoms with E-state index in [0.29, 0.717) is 0 Å². The predicted molar refractivity (Wildman–Crippen MR) is 54.0 cm³/mol. The molecule has 7 heteroatoms. The lowest BCUT2D eigenvalue weighted by molar-refractivity contribution is -0.143. The first-order chi connectivity index (χ1) is 7.86. The second-order valence-electron chi connectivity index (χ2n) is 3.20. The number of aromatic nitrogens is 1. The van der Waals surface area contributed by atoms with Crippen LogP contribution in [0.3, 0.4) is 0 Å². The van der Waals surface area contributed by atoms with Gasteiger partial charge in [0.15, 0.2) is 0 Å². The van der Waals surface area contributed by atoms with Gasteiger partial charge in [0.25, 0.3) is 0 Å². The molecule has 1 rings (SSSR count). The van der Waals surface area contributed by atoms with Gasteiger partial charge in [-0.05, 0) is 13.0 Å². The maximum absolute atomic E-state index is 12.7. The number of nitrogen functional groups attached to an aromatic ring is 1. The van der Waals surface area contributed by atoms with Gasteiger partial charge < -0.3 is 10.5 Å². The summed E-state index contributed by atoms with van der Waals surface area (Å²) in [5.74, 6) is -0.768. The molecule has 0 aliphatic heterocycles. The van der Waals surface area contributed by atoms with Crippen molar-refractivity contribution in [1.29, 1.82) is 0 Å². The topological polar surface area (TPSA) is 65.2 Å². The molecule has 0 saturated heterocycles. The van der Waals surface area contributed by atoms with Crippen LogP contribution in [0, 0.1) is 0 Å². The number of rotatable bonds is 3. The number of esters is 1.